The lowest BCUT2D eigenvalue weighted by atomic mass is 9.75. The Morgan fingerprint density at radius 3 is 2.67 bits per heavy atom. The molecule has 21 heavy (non-hydrogen) atoms. The zero-order valence-electron chi connectivity index (χ0n) is 11.9. The van der Waals surface area contributed by atoms with Crippen molar-refractivity contribution in [1.29, 1.82) is 0 Å². The van der Waals surface area contributed by atoms with Crippen LogP contribution in [0.5, 0.6) is 0 Å². The summed E-state index contributed by atoms with van der Waals surface area (Å²) in [4.78, 5) is 24.1. The van der Waals surface area contributed by atoms with Gasteiger partial charge >= 0.3 is 5.97 Å². The third-order valence-corrected chi connectivity index (χ3v) is 4.35. The van der Waals surface area contributed by atoms with E-state index in [9.17, 15) is 9.59 Å². The zero-order valence-corrected chi connectivity index (χ0v) is 13.4. The number of benzene rings is 1. The predicted molar refractivity (Wildman–Crippen MR) is 82.7 cm³/mol. The highest BCUT2D eigenvalue weighted by Gasteiger charge is 2.36. The number of allylic oxidation sites excluding steroid dienone is 1. The van der Waals surface area contributed by atoms with E-state index >= 15 is 0 Å². The maximum absolute atomic E-state index is 12.2. The van der Waals surface area contributed by atoms with Crippen LogP contribution >= 0.6 is 23.2 Å². The van der Waals surface area contributed by atoms with E-state index in [4.69, 9.17) is 27.9 Å². The summed E-state index contributed by atoms with van der Waals surface area (Å²) in [5.74, 6) is -1.03. The van der Waals surface area contributed by atoms with Crippen LogP contribution in [0.1, 0.15) is 31.7 Å². The fourth-order valence-corrected chi connectivity index (χ4v) is 3.00. The molecule has 2 rings (SSSR count). The van der Waals surface area contributed by atoms with E-state index in [0.29, 0.717) is 16.7 Å². The molecule has 5 heteroatoms. The van der Waals surface area contributed by atoms with E-state index in [1.165, 1.54) is 6.08 Å². The second kappa shape index (κ2) is 6.63. The Hall–Kier alpha value is -1.32. The van der Waals surface area contributed by atoms with Gasteiger partial charge < -0.3 is 4.74 Å². The Balaban J connectivity index is 2.42. The van der Waals surface area contributed by atoms with Gasteiger partial charge in [-0.05, 0) is 37.6 Å². The average molecular weight is 327 g/mol. The first-order valence-corrected chi connectivity index (χ1v) is 7.52. The van der Waals surface area contributed by atoms with E-state index in [1.807, 2.05) is 0 Å². The lowest BCUT2D eigenvalue weighted by molar-refractivity contribution is -0.147. The van der Waals surface area contributed by atoms with E-state index in [0.717, 1.165) is 11.1 Å². The smallest absolute Gasteiger partial charge is 0.313 e. The summed E-state index contributed by atoms with van der Waals surface area (Å²) >= 11 is 12.0. The van der Waals surface area contributed by atoms with Gasteiger partial charge in [0.25, 0.3) is 0 Å². The summed E-state index contributed by atoms with van der Waals surface area (Å²) in [5, 5.41) is 0.860. The molecular weight excluding hydrogens is 311 g/mol. The van der Waals surface area contributed by atoms with E-state index < -0.39 is 5.92 Å². The van der Waals surface area contributed by atoms with E-state index in [-0.39, 0.29) is 24.1 Å². The summed E-state index contributed by atoms with van der Waals surface area (Å²) < 4.78 is 5.14. The minimum Gasteiger partial charge on any atom is -0.466 e. The summed E-state index contributed by atoms with van der Waals surface area (Å²) in [6, 6.07) is 5.20. The summed E-state index contributed by atoms with van der Waals surface area (Å²) in [6.45, 7) is 3.85. The lowest BCUT2D eigenvalue weighted by Gasteiger charge is -2.29. The van der Waals surface area contributed by atoms with Crippen molar-refractivity contribution in [2.75, 3.05) is 6.61 Å². The quantitative estimate of drug-likeness (QED) is 0.783. The molecule has 3 nitrogen and oxygen atoms in total. The lowest BCUT2D eigenvalue weighted by Crippen LogP contribution is -2.30. The highest BCUT2D eigenvalue weighted by Crippen LogP contribution is 2.39. The van der Waals surface area contributed by atoms with Gasteiger partial charge in [-0.2, -0.15) is 0 Å². The number of esters is 1. The molecule has 1 aromatic carbocycles. The molecule has 0 fully saturated rings. The number of ketones is 1. The Bertz CT molecular complexity index is 608. The minimum absolute atomic E-state index is 0.00382. The van der Waals surface area contributed by atoms with Gasteiger partial charge in [-0.3, -0.25) is 9.59 Å². The molecule has 0 aliphatic heterocycles. The third kappa shape index (κ3) is 3.47. The monoisotopic (exact) mass is 326 g/mol. The molecule has 0 heterocycles. The van der Waals surface area contributed by atoms with Crippen LogP contribution in [-0.2, 0) is 14.3 Å². The zero-order chi connectivity index (χ0) is 15.6. The van der Waals surface area contributed by atoms with Gasteiger partial charge in [0.15, 0.2) is 5.78 Å². The Labute approximate surface area is 133 Å². The molecule has 2 atom stereocenters. The molecule has 1 aliphatic carbocycles. The Morgan fingerprint density at radius 2 is 2.05 bits per heavy atom. The molecule has 0 spiro atoms. The van der Waals surface area contributed by atoms with E-state index in [1.54, 1.807) is 32.0 Å². The Kier molecular flexibility index (Phi) is 5.07. The third-order valence-electron chi connectivity index (χ3n) is 3.62. The van der Waals surface area contributed by atoms with Crippen molar-refractivity contribution in [2.24, 2.45) is 5.92 Å². The topological polar surface area (TPSA) is 43.4 Å². The largest absolute Gasteiger partial charge is 0.466 e. The van der Waals surface area contributed by atoms with Crippen molar-refractivity contribution in [3.8, 4) is 0 Å². The normalized spacial score (nSPS) is 21.9. The SMILES string of the molecule is CCOC(=O)C1C(C)=CC(=O)CC1c1ccc(Cl)c(Cl)c1. The van der Waals surface area contributed by atoms with E-state index in [2.05, 4.69) is 0 Å². The number of rotatable bonds is 3. The molecule has 0 aromatic heterocycles. The summed E-state index contributed by atoms with van der Waals surface area (Å²) in [6.07, 6.45) is 1.79. The highest BCUT2D eigenvalue weighted by atomic mass is 35.5. The molecule has 2 unspecified atom stereocenters. The van der Waals surface area contributed by atoms with Crippen LogP contribution in [0.25, 0.3) is 0 Å². The van der Waals surface area contributed by atoms with Gasteiger partial charge in [-0.1, -0.05) is 34.8 Å². The van der Waals surface area contributed by atoms with Crippen LogP contribution in [0, 0.1) is 5.92 Å². The van der Waals surface area contributed by atoms with Crippen LogP contribution in [0.2, 0.25) is 10.0 Å². The van der Waals surface area contributed by atoms with Gasteiger partial charge in [0.05, 0.1) is 22.6 Å². The van der Waals surface area contributed by atoms with Crippen molar-refractivity contribution < 1.29 is 14.3 Å². The predicted octanol–water partition coefficient (Wildman–Crippen LogP) is 4.18. The molecule has 0 saturated heterocycles. The van der Waals surface area contributed by atoms with Crippen molar-refractivity contribution in [2.45, 2.75) is 26.2 Å². The second-order valence-electron chi connectivity index (χ2n) is 5.07. The number of hydrogen-bond acceptors (Lipinski definition) is 3. The van der Waals surface area contributed by atoms with Crippen molar-refractivity contribution >= 4 is 35.0 Å². The molecule has 1 aromatic rings. The number of ether oxygens (including phenoxy) is 1. The summed E-state index contributed by atoms with van der Waals surface area (Å²) in [7, 11) is 0. The van der Waals surface area contributed by atoms with Gasteiger partial charge in [0.2, 0.25) is 0 Å². The van der Waals surface area contributed by atoms with Crippen LogP contribution < -0.4 is 0 Å². The van der Waals surface area contributed by atoms with Crippen molar-refractivity contribution in [1.82, 2.24) is 0 Å². The van der Waals surface area contributed by atoms with Gasteiger partial charge in [0, 0.05) is 12.3 Å². The van der Waals surface area contributed by atoms with Crippen LogP contribution in [0.4, 0.5) is 0 Å². The van der Waals surface area contributed by atoms with Crippen LogP contribution in [-0.4, -0.2) is 18.4 Å². The molecule has 0 saturated carbocycles. The van der Waals surface area contributed by atoms with Crippen LogP contribution in [0.3, 0.4) is 0 Å². The second-order valence-corrected chi connectivity index (χ2v) is 5.88. The molecule has 0 bridgehead atoms. The first-order chi connectivity index (χ1) is 9.93. The maximum Gasteiger partial charge on any atom is 0.313 e. The molecular formula is C16H16Cl2O3. The molecule has 0 radical (unpaired) electrons. The Morgan fingerprint density at radius 1 is 1.33 bits per heavy atom. The first-order valence-electron chi connectivity index (χ1n) is 6.76. The molecule has 0 N–H and O–H groups in total. The molecule has 0 amide bonds. The fraction of sp³-hybridized carbons (Fsp3) is 0.375. The fourth-order valence-electron chi connectivity index (χ4n) is 2.69. The minimum atomic E-state index is -0.458. The number of carbonyl (C=O) groups excluding carboxylic acids is 2. The van der Waals surface area contributed by atoms with Gasteiger partial charge in [-0.25, -0.2) is 0 Å². The maximum atomic E-state index is 12.2. The first kappa shape index (κ1) is 16.1. The van der Waals surface area contributed by atoms with Gasteiger partial charge in [-0.15, -0.1) is 0 Å². The van der Waals surface area contributed by atoms with Gasteiger partial charge in [0.1, 0.15) is 0 Å². The number of halogens is 2. The molecule has 1 aliphatic rings. The number of carbonyl (C=O) groups is 2. The van der Waals surface area contributed by atoms with Crippen molar-refractivity contribution in [3.63, 3.8) is 0 Å². The summed E-state index contributed by atoms with van der Waals surface area (Å²) in [5.41, 5.74) is 1.55. The average Bonchev–Trinajstić information content (AvgIpc) is 2.41. The van der Waals surface area contributed by atoms with Crippen molar-refractivity contribution in [3.05, 3.63) is 45.5 Å². The standard InChI is InChI=1S/C16H16Cl2O3/c1-3-21-16(20)15-9(2)6-11(19)8-12(15)10-4-5-13(17)14(18)7-10/h4-7,12,15H,3,8H2,1-2H3. The van der Waals surface area contributed by atoms with Crippen LogP contribution in [0.15, 0.2) is 29.8 Å². The molecule has 112 valence electrons. The highest BCUT2D eigenvalue weighted by molar-refractivity contribution is 6.42. The number of hydrogen-bond donors (Lipinski definition) is 0.